The summed E-state index contributed by atoms with van der Waals surface area (Å²) < 4.78 is 2.30. The Labute approximate surface area is 192 Å². The predicted molar refractivity (Wildman–Crippen MR) is 128 cm³/mol. The van der Waals surface area contributed by atoms with E-state index in [0.717, 1.165) is 50.0 Å². The van der Waals surface area contributed by atoms with E-state index in [0.29, 0.717) is 6.54 Å². The maximum Gasteiger partial charge on any atom is 0.240 e. The van der Waals surface area contributed by atoms with E-state index in [9.17, 15) is 4.79 Å². The van der Waals surface area contributed by atoms with Gasteiger partial charge < -0.3 is 20.1 Å². The monoisotopic (exact) mass is 519 g/mol. The van der Waals surface area contributed by atoms with Gasteiger partial charge in [-0.3, -0.25) is 9.79 Å². The summed E-state index contributed by atoms with van der Waals surface area (Å²) in [5.41, 5.74) is -0.232. The van der Waals surface area contributed by atoms with E-state index in [1.165, 1.54) is 19.3 Å². The maximum absolute atomic E-state index is 12.2. The number of rotatable bonds is 7. The van der Waals surface area contributed by atoms with Crippen molar-refractivity contribution in [1.29, 1.82) is 0 Å². The number of carbonyl (C=O) groups excluding carboxylic acids is 1. The Balaban J connectivity index is 0.00000420. The first-order chi connectivity index (χ1) is 13.3. The van der Waals surface area contributed by atoms with E-state index in [1.54, 1.807) is 0 Å². The molecule has 8 nitrogen and oxygen atoms in total. The van der Waals surface area contributed by atoms with Crippen molar-refractivity contribution in [2.45, 2.75) is 78.3 Å². The molecule has 9 heteroatoms. The van der Waals surface area contributed by atoms with Crippen LogP contribution in [0.25, 0.3) is 0 Å². The predicted octanol–water partition coefficient (Wildman–Crippen LogP) is 2.37. The number of aliphatic imine (C=N–C) groups is 1. The van der Waals surface area contributed by atoms with Gasteiger partial charge in [-0.25, -0.2) is 0 Å². The fourth-order valence-electron chi connectivity index (χ4n) is 3.37. The second-order valence-electron chi connectivity index (χ2n) is 8.49. The third-order valence-corrected chi connectivity index (χ3v) is 4.60. The Bertz CT molecular complexity index is 666. The molecule has 2 rings (SSSR count). The lowest BCUT2D eigenvalue weighted by molar-refractivity contribution is -0.122. The van der Waals surface area contributed by atoms with E-state index in [4.69, 9.17) is 0 Å². The number of guanidine groups is 1. The molecule has 0 fully saturated rings. The van der Waals surface area contributed by atoms with Crippen LogP contribution >= 0.6 is 24.0 Å². The molecule has 0 spiro atoms. The summed E-state index contributed by atoms with van der Waals surface area (Å²) in [5, 5.41) is 15.0. The Hall–Kier alpha value is -1.39. The molecule has 2 N–H and O–H groups in total. The van der Waals surface area contributed by atoms with E-state index >= 15 is 0 Å². The van der Waals surface area contributed by atoms with Gasteiger partial charge in [0, 0.05) is 45.1 Å². The molecule has 0 atom stereocenters. The summed E-state index contributed by atoms with van der Waals surface area (Å²) in [5.74, 6) is 2.96. The molecule has 1 aromatic rings. The fourth-order valence-corrected chi connectivity index (χ4v) is 3.37. The zero-order valence-electron chi connectivity index (χ0n) is 18.6. The molecular weight excluding hydrogens is 481 g/mol. The van der Waals surface area contributed by atoms with Gasteiger partial charge in [0.2, 0.25) is 5.91 Å². The molecular formula is C20H38IN7O. The first kappa shape index (κ1) is 25.6. The van der Waals surface area contributed by atoms with Crippen LogP contribution in [0.4, 0.5) is 0 Å². The number of nitrogens with one attached hydrogen (secondary N) is 2. The van der Waals surface area contributed by atoms with Gasteiger partial charge in [0.15, 0.2) is 5.96 Å². The fraction of sp³-hybridized carbons (Fsp3) is 0.800. The zero-order chi connectivity index (χ0) is 20.6. The topological polar surface area (TPSA) is 87.4 Å². The number of halogens is 1. The van der Waals surface area contributed by atoms with Crippen molar-refractivity contribution in [2.75, 3.05) is 26.7 Å². The molecule has 0 unspecified atom stereocenters. The van der Waals surface area contributed by atoms with Crippen molar-refractivity contribution >= 4 is 35.8 Å². The van der Waals surface area contributed by atoms with Crippen LogP contribution < -0.4 is 10.6 Å². The van der Waals surface area contributed by atoms with Gasteiger partial charge in [0.25, 0.3) is 0 Å². The smallest absolute Gasteiger partial charge is 0.240 e. The highest BCUT2D eigenvalue weighted by atomic mass is 127. The number of nitrogens with zero attached hydrogens (tertiary/aromatic N) is 5. The first-order valence-electron chi connectivity index (χ1n) is 10.5. The molecule has 1 aromatic heterocycles. The van der Waals surface area contributed by atoms with Crippen molar-refractivity contribution in [3.05, 3.63) is 11.6 Å². The Morgan fingerprint density at radius 3 is 2.69 bits per heavy atom. The van der Waals surface area contributed by atoms with Crippen LogP contribution in [0.1, 0.15) is 65.0 Å². The van der Waals surface area contributed by atoms with Crippen molar-refractivity contribution in [3.63, 3.8) is 0 Å². The number of fused-ring (bicyclic) bond motifs is 1. The van der Waals surface area contributed by atoms with Gasteiger partial charge in [-0.05, 0) is 47.0 Å². The number of carbonyl (C=O) groups is 1. The van der Waals surface area contributed by atoms with Crippen LogP contribution in [-0.4, -0.2) is 63.8 Å². The molecule has 2 heterocycles. The highest BCUT2D eigenvalue weighted by Gasteiger charge is 2.17. The van der Waals surface area contributed by atoms with Crippen LogP contribution in [0.3, 0.4) is 0 Å². The first-order valence-corrected chi connectivity index (χ1v) is 10.5. The highest BCUT2D eigenvalue weighted by Crippen LogP contribution is 2.15. The summed E-state index contributed by atoms with van der Waals surface area (Å²) in [6.45, 7) is 10.7. The molecule has 0 aliphatic carbocycles. The normalized spacial score (nSPS) is 14.4. The molecule has 1 aliphatic heterocycles. The lowest BCUT2D eigenvalue weighted by atomic mass is 10.1. The van der Waals surface area contributed by atoms with Crippen molar-refractivity contribution in [3.8, 4) is 0 Å². The maximum atomic E-state index is 12.2. The lowest BCUT2D eigenvalue weighted by Crippen LogP contribution is -2.48. The molecule has 29 heavy (non-hydrogen) atoms. The average Bonchev–Trinajstić information content (AvgIpc) is 2.82. The Morgan fingerprint density at radius 1 is 1.24 bits per heavy atom. The summed E-state index contributed by atoms with van der Waals surface area (Å²) in [4.78, 5) is 18.7. The van der Waals surface area contributed by atoms with Crippen LogP contribution in [-0.2, 0) is 24.2 Å². The van der Waals surface area contributed by atoms with Crippen molar-refractivity contribution in [1.82, 2.24) is 30.3 Å². The third-order valence-electron chi connectivity index (χ3n) is 4.60. The largest absolute Gasteiger partial charge is 0.357 e. The summed E-state index contributed by atoms with van der Waals surface area (Å²) >= 11 is 0. The molecule has 0 aromatic carbocycles. The molecule has 0 saturated carbocycles. The molecule has 0 bridgehead atoms. The van der Waals surface area contributed by atoms with E-state index in [2.05, 4.69) is 30.4 Å². The molecule has 0 saturated heterocycles. The van der Waals surface area contributed by atoms with Gasteiger partial charge >= 0.3 is 0 Å². The summed E-state index contributed by atoms with van der Waals surface area (Å²) in [6.07, 6.45) is 6.52. The van der Waals surface area contributed by atoms with Gasteiger partial charge in [0.1, 0.15) is 11.6 Å². The zero-order valence-corrected chi connectivity index (χ0v) is 21.0. The number of hydrogen-bond acceptors (Lipinski definition) is 4. The Morgan fingerprint density at radius 2 is 2.00 bits per heavy atom. The average molecular weight is 519 g/mol. The molecule has 1 aliphatic rings. The number of amides is 1. The minimum Gasteiger partial charge on any atom is -0.357 e. The van der Waals surface area contributed by atoms with Crippen LogP contribution in [0.5, 0.6) is 0 Å². The van der Waals surface area contributed by atoms with E-state index in [1.807, 2.05) is 39.6 Å². The minimum absolute atomic E-state index is 0. The number of aromatic nitrogens is 3. The van der Waals surface area contributed by atoms with Gasteiger partial charge in [-0.1, -0.05) is 6.42 Å². The molecule has 166 valence electrons. The third kappa shape index (κ3) is 8.88. The Kier molecular flexibility index (Phi) is 10.9. The molecule has 1 amide bonds. The van der Waals surface area contributed by atoms with Crippen LogP contribution in [0.2, 0.25) is 0 Å². The number of hydrogen-bond donors (Lipinski definition) is 2. The second-order valence-corrected chi connectivity index (χ2v) is 8.49. The number of aryl methyl sites for hydroxylation is 2. The molecule has 0 radical (unpaired) electrons. The van der Waals surface area contributed by atoms with Crippen LogP contribution in [0, 0.1) is 0 Å². The van der Waals surface area contributed by atoms with Gasteiger partial charge in [-0.15, -0.1) is 34.2 Å². The standard InChI is InChI=1S/C20H37N7O.HI/c1-6-21-19(26(5)15-18(28)23-20(2,3)4)22-13-10-12-17-25-24-16-11-8-7-9-14-27(16)17;/h6-15H2,1-5H3,(H,21,22)(H,23,28);1H. The van der Waals surface area contributed by atoms with Gasteiger partial charge in [-0.2, -0.15) is 0 Å². The summed E-state index contributed by atoms with van der Waals surface area (Å²) in [6, 6.07) is 0. The quantitative estimate of drug-likeness (QED) is 0.250. The van der Waals surface area contributed by atoms with Gasteiger partial charge in [0.05, 0.1) is 6.54 Å². The SMILES string of the molecule is CCNC(=NCCCc1nnc2n1CCCCC2)N(C)CC(=O)NC(C)(C)C.I. The minimum atomic E-state index is -0.232. The van der Waals surface area contributed by atoms with E-state index < -0.39 is 0 Å². The lowest BCUT2D eigenvalue weighted by Gasteiger charge is -2.25. The van der Waals surface area contributed by atoms with Crippen molar-refractivity contribution in [2.24, 2.45) is 4.99 Å². The second kappa shape index (κ2) is 12.3. The van der Waals surface area contributed by atoms with E-state index in [-0.39, 0.29) is 42.0 Å². The summed E-state index contributed by atoms with van der Waals surface area (Å²) in [7, 11) is 1.89. The number of likely N-dealkylation sites (N-methyl/N-ethyl adjacent to an activating group) is 1. The van der Waals surface area contributed by atoms with Crippen LogP contribution in [0.15, 0.2) is 4.99 Å². The highest BCUT2D eigenvalue weighted by molar-refractivity contribution is 14.0. The van der Waals surface area contributed by atoms with Crippen molar-refractivity contribution < 1.29 is 4.79 Å².